The number of rotatable bonds is 6. The number of benzene rings is 1. The minimum absolute atomic E-state index is 0.0746. The van der Waals surface area contributed by atoms with E-state index in [1.807, 2.05) is 39.0 Å². The number of amides is 3. The first kappa shape index (κ1) is 18.1. The van der Waals surface area contributed by atoms with E-state index in [0.29, 0.717) is 43.5 Å². The molecule has 1 aliphatic heterocycles. The molecule has 0 spiro atoms. The Morgan fingerprint density at radius 1 is 1.33 bits per heavy atom. The fourth-order valence-electron chi connectivity index (χ4n) is 2.74. The number of urea groups is 1. The molecule has 1 saturated heterocycles. The maximum absolute atomic E-state index is 12.6. The van der Waals surface area contributed by atoms with Gasteiger partial charge in [0.05, 0.1) is 12.3 Å². The first-order valence-electron chi connectivity index (χ1n) is 8.60. The van der Waals surface area contributed by atoms with Crippen LogP contribution < -0.4 is 15.4 Å². The maximum Gasteiger partial charge on any atom is 0.322 e. The van der Waals surface area contributed by atoms with E-state index in [2.05, 4.69) is 10.6 Å². The molecular weight excluding hydrogens is 306 g/mol. The van der Waals surface area contributed by atoms with Crippen molar-refractivity contribution in [3.63, 3.8) is 0 Å². The molecule has 6 nitrogen and oxygen atoms in total. The second-order valence-electron chi connectivity index (χ2n) is 6.35. The highest BCUT2D eigenvalue weighted by Crippen LogP contribution is 2.25. The van der Waals surface area contributed by atoms with E-state index in [1.165, 1.54) is 0 Å². The minimum Gasteiger partial charge on any atom is -0.492 e. The molecule has 1 aromatic rings. The Hall–Kier alpha value is -2.24. The van der Waals surface area contributed by atoms with E-state index in [0.717, 1.165) is 6.42 Å². The predicted molar refractivity (Wildman–Crippen MR) is 94.2 cm³/mol. The van der Waals surface area contributed by atoms with Crippen molar-refractivity contribution in [2.45, 2.75) is 39.7 Å². The van der Waals surface area contributed by atoms with Crippen LogP contribution >= 0.6 is 0 Å². The van der Waals surface area contributed by atoms with Gasteiger partial charge in [-0.2, -0.15) is 0 Å². The molecule has 0 unspecified atom stereocenters. The lowest BCUT2D eigenvalue weighted by Gasteiger charge is -2.25. The van der Waals surface area contributed by atoms with Gasteiger partial charge in [-0.05, 0) is 37.8 Å². The van der Waals surface area contributed by atoms with E-state index in [9.17, 15) is 9.59 Å². The van der Waals surface area contributed by atoms with Crippen LogP contribution in [0.4, 0.5) is 10.5 Å². The number of anilines is 1. The Morgan fingerprint density at radius 2 is 2.08 bits per heavy atom. The number of likely N-dealkylation sites (tertiary alicyclic amines) is 1. The lowest BCUT2D eigenvalue weighted by Crippen LogP contribution is -2.48. The summed E-state index contributed by atoms with van der Waals surface area (Å²) in [6, 6.07) is 6.66. The Bertz CT molecular complexity index is 574. The highest BCUT2D eigenvalue weighted by molar-refractivity contribution is 5.95. The zero-order valence-electron chi connectivity index (χ0n) is 14.7. The summed E-state index contributed by atoms with van der Waals surface area (Å²) >= 11 is 0. The molecule has 132 valence electrons. The lowest BCUT2D eigenvalue weighted by atomic mass is 10.2. The summed E-state index contributed by atoms with van der Waals surface area (Å²) in [5.41, 5.74) is 0.623. The molecule has 0 saturated carbocycles. The number of hydrogen-bond donors (Lipinski definition) is 2. The first-order chi connectivity index (χ1) is 11.5. The highest BCUT2D eigenvalue weighted by Gasteiger charge is 2.34. The monoisotopic (exact) mass is 333 g/mol. The number of carbonyl (C=O) groups excluding carboxylic acids is 2. The number of para-hydroxylation sites is 2. The van der Waals surface area contributed by atoms with Crippen LogP contribution in [0.25, 0.3) is 0 Å². The largest absolute Gasteiger partial charge is 0.492 e. The van der Waals surface area contributed by atoms with Gasteiger partial charge < -0.3 is 20.3 Å². The standard InChI is InChI=1S/C18H27N3O3/c1-4-24-16-10-6-5-8-14(16)20-18(23)21-11-7-9-15(21)17(22)19-12-13(2)3/h5-6,8,10,13,15H,4,7,9,11-12H2,1-3H3,(H,19,22)(H,20,23)/t15-/m1/s1. The van der Waals surface area contributed by atoms with Gasteiger partial charge in [0.15, 0.2) is 0 Å². The maximum atomic E-state index is 12.6. The van der Waals surface area contributed by atoms with Crippen molar-refractivity contribution >= 4 is 17.6 Å². The number of nitrogens with one attached hydrogen (secondary N) is 2. The highest BCUT2D eigenvalue weighted by atomic mass is 16.5. The molecule has 6 heteroatoms. The van der Waals surface area contributed by atoms with Crippen LogP contribution in [0, 0.1) is 5.92 Å². The Labute approximate surface area is 143 Å². The summed E-state index contributed by atoms with van der Waals surface area (Å²) in [6.45, 7) is 7.72. The van der Waals surface area contributed by atoms with Gasteiger partial charge in [-0.15, -0.1) is 0 Å². The van der Waals surface area contributed by atoms with Gasteiger partial charge in [-0.1, -0.05) is 26.0 Å². The van der Waals surface area contributed by atoms with Gasteiger partial charge in [-0.3, -0.25) is 4.79 Å². The second-order valence-corrected chi connectivity index (χ2v) is 6.35. The van der Waals surface area contributed by atoms with Crippen molar-refractivity contribution in [2.75, 3.05) is 25.0 Å². The van der Waals surface area contributed by atoms with E-state index in [-0.39, 0.29) is 11.9 Å². The van der Waals surface area contributed by atoms with Crippen molar-refractivity contribution in [3.8, 4) is 5.75 Å². The molecule has 1 fully saturated rings. The van der Waals surface area contributed by atoms with E-state index < -0.39 is 6.04 Å². The van der Waals surface area contributed by atoms with Crippen LogP contribution in [0.1, 0.15) is 33.6 Å². The average molecular weight is 333 g/mol. The number of nitrogens with zero attached hydrogens (tertiary/aromatic N) is 1. The van der Waals surface area contributed by atoms with Gasteiger partial charge in [-0.25, -0.2) is 4.79 Å². The molecule has 1 heterocycles. The molecule has 1 aromatic carbocycles. The van der Waals surface area contributed by atoms with Crippen molar-refractivity contribution in [1.82, 2.24) is 10.2 Å². The zero-order valence-corrected chi connectivity index (χ0v) is 14.7. The predicted octanol–water partition coefficient (Wildman–Crippen LogP) is 2.85. The molecule has 24 heavy (non-hydrogen) atoms. The Balaban J connectivity index is 2.02. The summed E-state index contributed by atoms with van der Waals surface area (Å²) in [5.74, 6) is 0.943. The fraction of sp³-hybridized carbons (Fsp3) is 0.556. The van der Waals surface area contributed by atoms with Gasteiger partial charge in [0.25, 0.3) is 0 Å². The number of ether oxygens (including phenoxy) is 1. The van der Waals surface area contributed by atoms with Crippen molar-refractivity contribution in [3.05, 3.63) is 24.3 Å². The third-order valence-corrected chi connectivity index (χ3v) is 3.93. The quantitative estimate of drug-likeness (QED) is 0.841. The van der Waals surface area contributed by atoms with Crippen LogP contribution in [0.3, 0.4) is 0 Å². The third-order valence-electron chi connectivity index (χ3n) is 3.93. The molecule has 3 amide bonds. The van der Waals surface area contributed by atoms with Crippen molar-refractivity contribution < 1.29 is 14.3 Å². The molecule has 2 rings (SSSR count). The second kappa shape index (κ2) is 8.57. The molecule has 0 bridgehead atoms. The van der Waals surface area contributed by atoms with Crippen molar-refractivity contribution in [2.24, 2.45) is 5.92 Å². The van der Waals surface area contributed by atoms with E-state index in [4.69, 9.17) is 4.74 Å². The summed E-state index contributed by atoms with van der Waals surface area (Å²) in [7, 11) is 0. The van der Waals surface area contributed by atoms with Crippen LogP contribution in [-0.2, 0) is 4.79 Å². The minimum atomic E-state index is -0.400. The number of hydrogen-bond acceptors (Lipinski definition) is 3. The lowest BCUT2D eigenvalue weighted by molar-refractivity contribution is -0.124. The van der Waals surface area contributed by atoms with Gasteiger partial charge in [0.2, 0.25) is 5.91 Å². The fourth-order valence-corrected chi connectivity index (χ4v) is 2.74. The molecular formula is C18H27N3O3. The topological polar surface area (TPSA) is 70.7 Å². The van der Waals surface area contributed by atoms with Crippen LogP contribution in [0.15, 0.2) is 24.3 Å². The molecule has 1 aliphatic rings. The Morgan fingerprint density at radius 3 is 2.79 bits per heavy atom. The molecule has 0 aliphatic carbocycles. The molecule has 0 aromatic heterocycles. The molecule has 1 atom stereocenters. The van der Waals surface area contributed by atoms with Gasteiger partial charge >= 0.3 is 6.03 Å². The van der Waals surface area contributed by atoms with E-state index in [1.54, 1.807) is 11.0 Å². The van der Waals surface area contributed by atoms with Crippen LogP contribution in [0.5, 0.6) is 5.75 Å². The van der Waals surface area contributed by atoms with Gasteiger partial charge in [0, 0.05) is 13.1 Å². The first-order valence-corrected chi connectivity index (χ1v) is 8.60. The van der Waals surface area contributed by atoms with Gasteiger partial charge in [0.1, 0.15) is 11.8 Å². The number of carbonyl (C=O) groups is 2. The zero-order chi connectivity index (χ0) is 17.5. The van der Waals surface area contributed by atoms with Crippen molar-refractivity contribution in [1.29, 1.82) is 0 Å². The smallest absolute Gasteiger partial charge is 0.322 e. The third kappa shape index (κ3) is 4.63. The molecule has 2 N–H and O–H groups in total. The average Bonchev–Trinajstić information content (AvgIpc) is 3.04. The summed E-state index contributed by atoms with van der Waals surface area (Å²) in [6.07, 6.45) is 1.53. The van der Waals surface area contributed by atoms with Crippen LogP contribution in [0.2, 0.25) is 0 Å². The SMILES string of the molecule is CCOc1ccccc1NC(=O)N1CCC[C@@H]1C(=O)NCC(C)C. The van der Waals surface area contributed by atoms with E-state index >= 15 is 0 Å². The molecule has 0 radical (unpaired) electrons. The summed E-state index contributed by atoms with van der Waals surface area (Å²) in [4.78, 5) is 26.5. The summed E-state index contributed by atoms with van der Waals surface area (Å²) in [5, 5.41) is 5.79. The Kier molecular flexibility index (Phi) is 6.46. The van der Waals surface area contributed by atoms with Crippen LogP contribution in [-0.4, -0.2) is 42.6 Å². The normalized spacial score (nSPS) is 17.0. The summed E-state index contributed by atoms with van der Waals surface area (Å²) < 4.78 is 5.53.